The van der Waals surface area contributed by atoms with Crippen LogP contribution in [-0.4, -0.2) is 36.4 Å². The van der Waals surface area contributed by atoms with Gasteiger partial charge in [-0.2, -0.15) is 0 Å². The molecule has 0 fully saturated rings. The summed E-state index contributed by atoms with van der Waals surface area (Å²) in [4.78, 5) is 23.8. The average molecular weight is 321 g/mol. The number of aliphatic carboxylic acids is 1. The van der Waals surface area contributed by atoms with Crippen LogP contribution in [0.4, 0.5) is 4.79 Å². The van der Waals surface area contributed by atoms with E-state index in [1.54, 1.807) is 13.2 Å². The lowest BCUT2D eigenvalue weighted by Crippen LogP contribution is -2.58. The Hall–Kier alpha value is -2.24. The van der Waals surface area contributed by atoms with Gasteiger partial charge in [0, 0.05) is 12.0 Å². The molecule has 1 unspecified atom stereocenters. The molecule has 2 rings (SSSR count). The van der Waals surface area contributed by atoms with Crippen LogP contribution in [-0.2, 0) is 22.4 Å². The highest BCUT2D eigenvalue weighted by Crippen LogP contribution is 2.34. The Balaban J connectivity index is 2.22. The second-order valence-electron chi connectivity index (χ2n) is 6.28. The molecule has 6 heteroatoms. The number of hydrogen-bond donors (Lipinski definition) is 2. The van der Waals surface area contributed by atoms with Gasteiger partial charge in [-0.25, -0.2) is 9.59 Å². The summed E-state index contributed by atoms with van der Waals surface area (Å²) < 4.78 is 10.4. The molecule has 1 aliphatic carbocycles. The van der Waals surface area contributed by atoms with E-state index in [1.165, 1.54) is 0 Å². The average Bonchev–Trinajstić information content (AvgIpc) is 2.52. The molecule has 0 spiro atoms. The van der Waals surface area contributed by atoms with Crippen molar-refractivity contribution >= 4 is 12.1 Å². The van der Waals surface area contributed by atoms with E-state index in [0.717, 1.165) is 11.1 Å². The third kappa shape index (κ3) is 3.75. The lowest BCUT2D eigenvalue weighted by atomic mass is 9.77. The van der Waals surface area contributed by atoms with Gasteiger partial charge in [-0.15, -0.1) is 0 Å². The third-order valence-corrected chi connectivity index (χ3v) is 4.05. The summed E-state index contributed by atoms with van der Waals surface area (Å²) in [6, 6.07) is 5.64. The molecule has 1 aliphatic rings. The van der Waals surface area contributed by atoms with Crippen LogP contribution in [0.3, 0.4) is 0 Å². The number of benzene rings is 1. The van der Waals surface area contributed by atoms with Gasteiger partial charge in [-0.3, -0.25) is 0 Å². The molecule has 6 nitrogen and oxygen atoms in total. The van der Waals surface area contributed by atoms with Crippen molar-refractivity contribution in [2.24, 2.45) is 5.92 Å². The number of aryl methyl sites for hydroxylation is 1. The second kappa shape index (κ2) is 6.89. The zero-order valence-electron chi connectivity index (χ0n) is 13.7. The fraction of sp³-hybridized carbons (Fsp3) is 0.529. The van der Waals surface area contributed by atoms with E-state index >= 15 is 0 Å². The Kier molecular flexibility index (Phi) is 5.13. The molecular formula is C17H23NO5. The predicted octanol–water partition coefficient (Wildman–Crippen LogP) is 2.39. The third-order valence-electron chi connectivity index (χ3n) is 4.05. The van der Waals surface area contributed by atoms with Crippen LogP contribution in [0, 0.1) is 5.92 Å². The zero-order chi connectivity index (χ0) is 17.0. The lowest BCUT2D eigenvalue weighted by molar-refractivity contribution is -0.145. The number of carbonyl (C=O) groups is 2. The molecule has 1 atom stereocenters. The number of ether oxygens (including phenoxy) is 2. The molecule has 2 N–H and O–H groups in total. The monoisotopic (exact) mass is 321 g/mol. The summed E-state index contributed by atoms with van der Waals surface area (Å²) in [6.07, 6.45) is 0.362. The van der Waals surface area contributed by atoms with Gasteiger partial charge in [0.2, 0.25) is 0 Å². The van der Waals surface area contributed by atoms with Crippen molar-refractivity contribution in [2.75, 3.05) is 13.7 Å². The van der Waals surface area contributed by atoms with Gasteiger partial charge in [0.15, 0.2) is 0 Å². The molecular weight excluding hydrogens is 298 g/mol. The molecule has 1 aromatic carbocycles. The van der Waals surface area contributed by atoms with Gasteiger partial charge in [-0.1, -0.05) is 26.0 Å². The highest BCUT2D eigenvalue weighted by molar-refractivity contribution is 5.85. The van der Waals surface area contributed by atoms with E-state index in [-0.39, 0.29) is 18.9 Å². The Morgan fingerprint density at radius 3 is 2.74 bits per heavy atom. The van der Waals surface area contributed by atoms with Crippen molar-refractivity contribution in [3.8, 4) is 5.75 Å². The topological polar surface area (TPSA) is 84.9 Å². The first-order valence-corrected chi connectivity index (χ1v) is 7.71. The molecule has 0 radical (unpaired) electrons. The molecule has 0 bridgehead atoms. The number of carboxylic acid groups (broad SMARTS) is 1. The van der Waals surface area contributed by atoms with Crippen LogP contribution in [0.5, 0.6) is 5.75 Å². The molecule has 0 aliphatic heterocycles. The predicted molar refractivity (Wildman–Crippen MR) is 84.7 cm³/mol. The van der Waals surface area contributed by atoms with Crippen molar-refractivity contribution in [2.45, 2.75) is 38.6 Å². The van der Waals surface area contributed by atoms with Crippen LogP contribution in [0.25, 0.3) is 0 Å². The molecule has 23 heavy (non-hydrogen) atoms. The number of amides is 1. The highest BCUT2D eigenvalue weighted by Gasteiger charge is 2.44. The number of nitrogens with one attached hydrogen (secondary N) is 1. The Labute approximate surface area is 135 Å². The van der Waals surface area contributed by atoms with E-state index in [0.29, 0.717) is 18.6 Å². The molecule has 0 aromatic heterocycles. The first-order chi connectivity index (χ1) is 10.9. The normalized spacial score (nSPS) is 19.8. The fourth-order valence-electron chi connectivity index (χ4n) is 2.79. The summed E-state index contributed by atoms with van der Waals surface area (Å²) in [5.41, 5.74) is 0.516. The smallest absolute Gasteiger partial charge is 0.408 e. The van der Waals surface area contributed by atoms with Gasteiger partial charge in [0.1, 0.15) is 11.3 Å². The molecule has 1 amide bonds. The summed E-state index contributed by atoms with van der Waals surface area (Å²) in [5.74, 6) is -0.227. The first-order valence-electron chi connectivity index (χ1n) is 7.71. The molecule has 0 heterocycles. The fourth-order valence-corrected chi connectivity index (χ4v) is 2.79. The Morgan fingerprint density at radius 2 is 2.13 bits per heavy atom. The van der Waals surface area contributed by atoms with Crippen LogP contribution in [0.1, 0.15) is 31.4 Å². The van der Waals surface area contributed by atoms with Gasteiger partial charge in [0.05, 0.1) is 13.7 Å². The van der Waals surface area contributed by atoms with E-state index in [4.69, 9.17) is 9.47 Å². The lowest BCUT2D eigenvalue weighted by Gasteiger charge is -2.35. The summed E-state index contributed by atoms with van der Waals surface area (Å²) in [6.45, 7) is 4.09. The molecule has 1 aromatic rings. The van der Waals surface area contributed by atoms with Gasteiger partial charge >= 0.3 is 12.1 Å². The zero-order valence-corrected chi connectivity index (χ0v) is 13.7. The standard InChI is InChI=1S/C17H23NO5/c1-11(2)10-23-16(21)18-17(15(19)20)8-7-12-5-4-6-14(22-3)13(12)9-17/h4-6,11H,7-10H2,1-3H3,(H,18,21)(H,19,20). The minimum Gasteiger partial charge on any atom is -0.496 e. The SMILES string of the molecule is COc1cccc2c1CC(NC(=O)OCC(C)C)(C(=O)O)CC2. The quantitative estimate of drug-likeness (QED) is 0.870. The number of carbonyl (C=O) groups excluding carboxylic acids is 1. The maximum Gasteiger partial charge on any atom is 0.408 e. The van der Waals surface area contributed by atoms with Crippen molar-refractivity contribution < 1.29 is 24.2 Å². The summed E-state index contributed by atoms with van der Waals surface area (Å²) in [7, 11) is 1.55. The van der Waals surface area contributed by atoms with Crippen molar-refractivity contribution in [1.82, 2.24) is 5.32 Å². The Bertz CT molecular complexity index is 584. The van der Waals surface area contributed by atoms with Gasteiger partial charge < -0.3 is 19.9 Å². The minimum atomic E-state index is -1.37. The van der Waals surface area contributed by atoms with Gasteiger partial charge in [-0.05, 0) is 30.4 Å². The highest BCUT2D eigenvalue weighted by atomic mass is 16.5. The van der Waals surface area contributed by atoms with Crippen LogP contribution >= 0.6 is 0 Å². The van der Waals surface area contributed by atoms with Crippen LogP contribution in [0.2, 0.25) is 0 Å². The summed E-state index contributed by atoms with van der Waals surface area (Å²) in [5, 5.41) is 12.3. The number of fused-ring (bicyclic) bond motifs is 1. The van der Waals surface area contributed by atoms with E-state index < -0.39 is 17.6 Å². The molecule has 0 saturated heterocycles. The maximum absolute atomic E-state index is 12.0. The minimum absolute atomic E-state index is 0.179. The number of alkyl carbamates (subject to hydrolysis) is 1. The molecule has 0 saturated carbocycles. The molecule has 126 valence electrons. The van der Waals surface area contributed by atoms with Gasteiger partial charge in [0.25, 0.3) is 0 Å². The Morgan fingerprint density at radius 1 is 1.39 bits per heavy atom. The summed E-state index contributed by atoms with van der Waals surface area (Å²) >= 11 is 0. The largest absolute Gasteiger partial charge is 0.496 e. The van der Waals surface area contributed by atoms with Crippen molar-refractivity contribution in [3.63, 3.8) is 0 Å². The number of methoxy groups -OCH3 is 1. The van der Waals surface area contributed by atoms with Crippen LogP contribution in [0.15, 0.2) is 18.2 Å². The number of hydrogen-bond acceptors (Lipinski definition) is 4. The number of carboxylic acids is 1. The van der Waals surface area contributed by atoms with Crippen molar-refractivity contribution in [1.29, 1.82) is 0 Å². The van der Waals surface area contributed by atoms with Crippen LogP contribution < -0.4 is 10.1 Å². The first kappa shape index (κ1) is 17.1. The van der Waals surface area contributed by atoms with Crippen molar-refractivity contribution in [3.05, 3.63) is 29.3 Å². The van der Waals surface area contributed by atoms with E-state index in [2.05, 4.69) is 5.32 Å². The number of rotatable bonds is 5. The maximum atomic E-state index is 12.0. The van der Waals surface area contributed by atoms with E-state index in [9.17, 15) is 14.7 Å². The van der Waals surface area contributed by atoms with E-state index in [1.807, 2.05) is 26.0 Å². The second-order valence-corrected chi connectivity index (χ2v) is 6.28.